The predicted octanol–water partition coefficient (Wildman–Crippen LogP) is 3.65. The number of carbonyl (C=O) groups excluding carboxylic acids is 1. The lowest BCUT2D eigenvalue weighted by Gasteiger charge is -2.07. The van der Waals surface area contributed by atoms with Gasteiger partial charge in [-0.05, 0) is 24.3 Å². The van der Waals surface area contributed by atoms with Crippen LogP contribution in [0.25, 0.3) is 16.9 Å². The second-order valence-electron chi connectivity index (χ2n) is 6.30. The second kappa shape index (κ2) is 7.75. The molecule has 6 nitrogen and oxygen atoms in total. The third-order valence-electron chi connectivity index (χ3n) is 4.35. The summed E-state index contributed by atoms with van der Waals surface area (Å²) in [5.74, 6) is -0.550. The molecule has 0 bridgehead atoms. The zero-order valence-electron chi connectivity index (χ0n) is 15.1. The van der Waals surface area contributed by atoms with Crippen molar-refractivity contribution in [2.24, 2.45) is 5.73 Å². The summed E-state index contributed by atoms with van der Waals surface area (Å²) in [5, 5.41) is 8.13. The Morgan fingerprint density at radius 3 is 2.43 bits per heavy atom. The summed E-state index contributed by atoms with van der Waals surface area (Å²) in [5.41, 5.74) is 10.3. The Bertz CT molecular complexity index is 1090. The highest BCUT2D eigenvalue weighted by Gasteiger charge is 2.12. The van der Waals surface area contributed by atoms with E-state index in [2.05, 4.69) is 10.3 Å². The molecule has 0 aliphatic heterocycles. The predicted molar refractivity (Wildman–Crippen MR) is 109 cm³/mol. The van der Waals surface area contributed by atoms with Crippen LogP contribution in [0.5, 0.6) is 0 Å². The Morgan fingerprint density at radius 2 is 1.71 bits per heavy atom. The Kier molecular flexibility index (Phi) is 4.84. The van der Waals surface area contributed by atoms with E-state index in [1.807, 2.05) is 71.5 Å². The lowest BCUT2D eigenvalue weighted by molar-refractivity contribution is 0.0995. The van der Waals surface area contributed by atoms with Crippen molar-refractivity contribution in [2.75, 3.05) is 5.32 Å². The molecule has 0 radical (unpaired) electrons. The number of nitrogens with one attached hydrogen (secondary N) is 1. The molecule has 0 spiro atoms. The molecule has 0 fully saturated rings. The number of amides is 1. The first-order valence-electron chi connectivity index (χ1n) is 8.90. The number of benzene rings is 2. The number of carbonyl (C=O) groups is 1. The molecule has 0 aliphatic carbocycles. The van der Waals surface area contributed by atoms with Crippen molar-refractivity contribution < 1.29 is 4.79 Å². The van der Waals surface area contributed by atoms with Crippen LogP contribution in [-0.4, -0.2) is 20.7 Å². The van der Waals surface area contributed by atoms with Gasteiger partial charge in [0.25, 0.3) is 5.91 Å². The summed E-state index contributed by atoms with van der Waals surface area (Å²) in [7, 11) is 0. The zero-order valence-corrected chi connectivity index (χ0v) is 15.1. The number of nitrogens with two attached hydrogens (primary N) is 1. The fourth-order valence-corrected chi connectivity index (χ4v) is 2.96. The molecule has 4 aromatic rings. The zero-order chi connectivity index (χ0) is 19.3. The number of nitrogens with zero attached hydrogens (tertiary/aromatic N) is 3. The Labute approximate surface area is 162 Å². The molecule has 0 saturated heterocycles. The topological polar surface area (TPSA) is 85.8 Å². The molecular weight excluding hydrogens is 350 g/mol. The van der Waals surface area contributed by atoms with E-state index in [4.69, 9.17) is 10.8 Å². The molecule has 138 valence electrons. The molecule has 0 atom stereocenters. The highest BCUT2D eigenvalue weighted by molar-refractivity contribution is 5.91. The van der Waals surface area contributed by atoms with Crippen molar-refractivity contribution in [3.05, 3.63) is 96.4 Å². The highest BCUT2D eigenvalue weighted by Crippen LogP contribution is 2.24. The average molecular weight is 369 g/mol. The van der Waals surface area contributed by atoms with Gasteiger partial charge in [0.1, 0.15) is 5.69 Å². The minimum Gasteiger partial charge on any atom is -0.381 e. The molecule has 2 aromatic heterocycles. The molecule has 1 amide bonds. The quantitative estimate of drug-likeness (QED) is 0.543. The Hall–Kier alpha value is -3.93. The summed E-state index contributed by atoms with van der Waals surface area (Å²) in [6.07, 6.45) is 3.58. The first-order chi connectivity index (χ1) is 13.7. The van der Waals surface area contributed by atoms with Crippen molar-refractivity contribution in [1.29, 1.82) is 0 Å². The van der Waals surface area contributed by atoms with Crippen molar-refractivity contribution in [2.45, 2.75) is 6.54 Å². The molecule has 0 aliphatic rings. The first kappa shape index (κ1) is 17.5. The van der Waals surface area contributed by atoms with Crippen molar-refractivity contribution in [3.63, 3.8) is 0 Å². The van der Waals surface area contributed by atoms with Crippen LogP contribution in [0.1, 0.15) is 16.1 Å². The van der Waals surface area contributed by atoms with E-state index in [-0.39, 0.29) is 5.69 Å². The van der Waals surface area contributed by atoms with Crippen LogP contribution in [0.2, 0.25) is 0 Å². The van der Waals surface area contributed by atoms with E-state index in [9.17, 15) is 4.79 Å². The van der Waals surface area contributed by atoms with Gasteiger partial charge < -0.3 is 11.1 Å². The third kappa shape index (κ3) is 3.76. The van der Waals surface area contributed by atoms with Crippen LogP contribution in [0.3, 0.4) is 0 Å². The molecule has 0 saturated carbocycles. The molecule has 4 rings (SSSR count). The molecule has 3 N–H and O–H groups in total. The number of para-hydroxylation sites is 1. The van der Waals surface area contributed by atoms with Gasteiger partial charge in [0.05, 0.1) is 11.4 Å². The van der Waals surface area contributed by atoms with Crippen molar-refractivity contribution >= 4 is 11.6 Å². The standard InChI is InChI=1S/C22H19N5O/c23-22(28)20-13-18(11-12-24-20)25-14-17-15-27(19-9-5-2-6-10-19)26-21(17)16-7-3-1-4-8-16/h1-13,15H,14H2,(H2,23,28)(H,24,25). The van der Waals surface area contributed by atoms with Crippen LogP contribution >= 0.6 is 0 Å². The SMILES string of the molecule is NC(=O)c1cc(NCc2cn(-c3ccccc3)nc2-c2ccccc2)ccn1. The van der Waals surface area contributed by atoms with Crippen molar-refractivity contribution in [1.82, 2.24) is 14.8 Å². The summed E-state index contributed by atoms with van der Waals surface area (Å²) in [6.45, 7) is 0.541. The Balaban J connectivity index is 1.66. The molecule has 2 aromatic carbocycles. The first-order valence-corrected chi connectivity index (χ1v) is 8.90. The summed E-state index contributed by atoms with van der Waals surface area (Å²) >= 11 is 0. The van der Waals surface area contributed by atoms with E-state index in [1.54, 1.807) is 18.3 Å². The summed E-state index contributed by atoms with van der Waals surface area (Å²) in [4.78, 5) is 15.3. The van der Waals surface area contributed by atoms with Crippen LogP contribution in [0.15, 0.2) is 85.2 Å². The fraction of sp³-hybridized carbons (Fsp3) is 0.0455. The minimum atomic E-state index is -0.550. The lowest BCUT2D eigenvalue weighted by Crippen LogP contribution is -2.13. The number of rotatable bonds is 6. The smallest absolute Gasteiger partial charge is 0.267 e. The maximum Gasteiger partial charge on any atom is 0.267 e. The lowest BCUT2D eigenvalue weighted by atomic mass is 10.1. The molecule has 2 heterocycles. The van der Waals surface area contributed by atoms with Gasteiger partial charge in [0.15, 0.2) is 0 Å². The molecule has 28 heavy (non-hydrogen) atoms. The van der Waals surface area contributed by atoms with Crippen LogP contribution in [-0.2, 0) is 6.54 Å². The third-order valence-corrected chi connectivity index (χ3v) is 4.35. The summed E-state index contributed by atoms with van der Waals surface area (Å²) < 4.78 is 1.88. The normalized spacial score (nSPS) is 10.6. The van der Waals surface area contributed by atoms with Gasteiger partial charge in [-0.3, -0.25) is 9.78 Å². The van der Waals surface area contributed by atoms with Gasteiger partial charge >= 0.3 is 0 Å². The van der Waals surface area contributed by atoms with Crippen LogP contribution < -0.4 is 11.1 Å². The van der Waals surface area contributed by atoms with E-state index in [0.717, 1.165) is 28.2 Å². The Morgan fingerprint density at radius 1 is 1.00 bits per heavy atom. The van der Waals surface area contributed by atoms with Gasteiger partial charge in [0, 0.05) is 35.8 Å². The number of hydrogen-bond acceptors (Lipinski definition) is 4. The minimum absolute atomic E-state index is 0.230. The van der Waals surface area contributed by atoms with Crippen LogP contribution in [0, 0.1) is 0 Å². The van der Waals surface area contributed by atoms with Gasteiger partial charge in [-0.2, -0.15) is 5.10 Å². The largest absolute Gasteiger partial charge is 0.381 e. The fourth-order valence-electron chi connectivity index (χ4n) is 2.96. The van der Waals surface area contributed by atoms with Crippen molar-refractivity contribution in [3.8, 4) is 16.9 Å². The molecular formula is C22H19N5O. The van der Waals surface area contributed by atoms with Gasteiger partial charge in [0.2, 0.25) is 0 Å². The molecule has 6 heteroatoms. The van der Waals surface area contributed by atoms with Gasteiger partial charge in [-0.25, -0.2) is 4.68 Å². The number of hydrogen-bond donors (Lipinski definition) is 2. The van der Waals surface area contributed by atoms with E-state index >= 15 is 0 Å². The van der Waals surface area contributed by atoms with E-state index < -0.39 is 5.91 Å². The highest BCUT2D eigenvalue weighted by atomic mass is 16.1. The van der Waals surface area contributed by atoms with Crippen LogP contribution in [0.4, 0.5) is 5.69 Å². The average Bonchev–Trinajstić information content (AvgIpc) is 3.18. The summed E-state index contributed by atoms with van der Waals surface area (Å²) in [6, 6.07) is 23.5. The molecule has 0 unspecified atom stereocenters. The number of pyridine rings is 1. The monoisotopic (exact) mass is 369 g/mol. The second-order valence-corrected chi connectivity index (χ2v) is 6.30. The van der Waals surface area contributed by atoms with Gasteiger partial charge in [-0.15, -0.1) is 0 Å². The van der Waals surface area contributed by atoms with E-state index in [0.29, 0.717) is 6.54 Å². The number of aromatic nitrogens is 3. The number of primary amides is 1. The maximum atomic E-state index is 11.3. The van der Waals surface area contributed by atoms with E-state index in [1.165, 1.54) is 0 Å². The van der Waals surface area contributed by atoms with Gasteiger partial charge in [-0.1, -0.05) is 48.5 Å². The number of anilines is 1. The maximum absolute atomic E-state index is 11.3.